The summed E-state index contributed by atoms with van der Waals surface area (Å²) in [7, 11) is 0. The summed E-state index contributed by atoms with van der Waals surface area (Å²) in [5, 5.41) is 9.51. The molecule has 0 saturated carbocycles. The Bertz CT molecular complexity index is 673. The molecule has 1 amide bonds. The van der Waals surface area contributed by atoms with E-state index in [1.54, 1.807) is 0 Å². The Labute approximate surface area is 132 Å². The van der Waals surface area contributed by atoms with Gasteiger partial charge in [-0.15, -0.1) is 10.2 Å². The molecule has 0 radical (unpaired) electrons. The van der Waals surface area contributed by atoms with E-state index in [0.29, 0.717) is 31.3 Å². The van der Waals surface area contributed by atoms with E-state index >= 15 is 0 Å². The summed E-state index contributed by atoms with van der Waals surface area (Å²) in [5.74, 6) is -0.302. The number of hydrogen-bond donors (Lipinski definition) is 1. The molecule has 3 rings (SSSR count). The van der Waals surface area contributed by atoms with Crippen LogP contribution in [-0.2, 0) is 24.3 Å². The van der Waals surface area contributed by atoms with Gasteiger partial charge in [0.05, 0.1) is 19.2 Å². The molecule has 2 aromatic rings. The minimum atomic E-state index is -0.311. The van der Waals surface area contributed by atoms with Crippen molar-refractivity contribution in [3.05, 3.63) is 40.4 Å². The average molecular weight is 318 g/mol. The molecule has 0 saturated heterocycles. The number of carbonyl (C=O) groups is 1. The highest BCUT2D eigenvalue weighted by Gasteiger charge is 2.30. The third-order valence-electron chi connectivity index (χ3n) is 3.73. The second-order valence-electron chi connectivity index (χ2n) is 5.19. The zero-order valence-electron chi connectivity index (χ0n) is 12.4. The molecule has 0 aliphatic carbocycles. The molecular formula is C15H18N4O2S. The fourth-order valence-corrected chi connectivity index (χ4v) is 3.45. The molecule has 1 atom stereocenters. The van der Waals surface area contributed by atoms with Gasteiger partial charge in [0.15, 0.2) is 0 Å². The number of amides is 1. The highest BCUT2D eigenvalue weighted by Crippen LogP contribution is 2.26. The lowest BCUT2D eigenvalue weighted by atomic mass is 9.93. The molecular weight excluding hydrogens is 300 g/mol. The van der Waals surface area contributed by atoms with Gasteiger partial charge in [0.25, 0.3) is 5.19 Å². The number of carbonyl (C=O) groups excluding carboxylic acids is 1. The number of hydrogen-bond acceptors (Lipinski definition) is 6. The first-order valence-electron chi connectivity index (χ1n) is 7.22. The van der Waals surface area contributed by atoms with Gasteiger partial charge in [0.1, 0.15) is 5.01 Å². The topological polar surface area (TPSA) is 81.3 Å². The lowest BCUT2D eigenvalue weighted by Gasteiger charge is -2.34. The number of fused-ring (bicyclic) bond motifs is 1. The maximum absolute atomic E-state index is 11.8. The van der Waals surface area contributed by atoms with Crippen LogP contribution in [0.15, 0.2) is 24.3 Å². The van der Waals surface area contributed by atoms with Crippen LogP contribution in [0.4, 0.5) is 0 Å². The van der Waals surface area contributed by atoms with Crippen LogP contribution in [0.2, 0.25) is 0 Å². The Kier molecular flexibility index (Phi) is 4.35. The van der Waals surface area contributed by atoms with E-state index in [0.717, 1.165) is 5.01 Å². The van der Waals surface area contributed by atoms with Crippen LogP contribution < -0.4 is 10.5 Å². The minimum Gasteiger partial charge on any atom is -0.469 e. The van der Waals surface area contributed by atoms with E-state index in [9.17, 15) is 4.79 Å². The largest absolute Gasteiger partial charge is 0.469 e. The van der Waals surface area contributed by atoms with Gasteiger partial charge in [-0.3, -0.25) is 9.69 Å². The third kappa shape index (κ3) is 3.10. The van der Waals surface area contributed by atoms with Gasteiger partial charge < -0.3 is 10.5 Å². The molecule has 6 nitrogen and oxygen atoms in total. The molecule has 7 heteroatoms. The molecule has 1 aliphatic heterocycles. The number of ether oxygens (including phenoxy) is 1. The van der Waals surface area contributed by atoms with Crippen molar-refractivity contribution in [2.75, 3.05) is 6.61 Å². The monoisotopic (exact) mass is 318 g/mol. The van der Waals surface area contributed by atoms with Crippen molar-refractivity contribution >= 4 is 17.2 Å². The van der Waals surface area contributed by atoms with Crippen molar-refractivity contribution in [1.29, 1.82) is 0 Å². The number of nitrogens with zero attached hydrogens (tertiary/aromatic N) is 3. The summed E-state index contributed by atoms with van der Waals surface area (Å²) < 4.78 is 5.34. The number of aromatic nitrogens is 2. The Morgan fingerprint density at radius 1 is 1.41 bits per heavy atom. The molecule has 1 aliphatic rings. The maximum Gasteiger partial charge on any atom is 0.294 e. The summed E-state index contributed by atoms with van der Waals surface area (Å²) in [6.45, 7) is 3.71. The normalized spacial score (nSPS) is 18.0. The maximum atomic E-state index is 11.8. The molecule has 116 valence electrons. The molecule has 0 fully saturated rings. The number of nitrogens with two attached hydrogens (primary N) is 1. The van der Waals surface area contributed by atoms with E-state index in [2.05, 4.69) is 27.2 Å². The molecule has 2 N–H and O–H groups in total. The van der Waals surface area contributed by atoms with Crippen LogP contribution in [-0.4, -0.2) is 33.7 Å². The number of rotatable bonds is 5. The molecule has 1 aromatic heterocycles. The van der Waals surface area contributed by atoms with Gasteiger partial charge >= 0.3 is 0 Å². The van der Waals surface area contributed by atoms with Crippen molar-refractivity contribution in [1.82, 2.24) is 15.1 Å². The fourth-order valence-electron chi connectivity index (χ4n) is 2.68. The summed E-state index contributed by atoms with van der Waals surface area (Å²) >= 11 is 1.41. The molecule has 22 heavy (non-hydrogen) atoms. The first-order chi connectivity index (χ1) is 10.7. The first kappa shape index (κ1) is 14.9. The SMILES string of the molecule is CCOc1nnc(CN2Cc3ccccc3C[C@@H]2C(N)=O)s1. The van der Waals surface area contributed by atoms with E-state index in [-0.39, 0.29) is 11.9 Å². The standard InChI is InChI=1S/C15H18N4O2S/c1-2-21-15-18-17-13(22-15)9-19-8-11-6-4-3-5-10(11)7-12(19)14(16)20/h3-6,12H,2,7-9H2,1H3,(H2,16,20)/t12-/m1/s1. The quantitative estimate of drug-likeness (QED) is 0.900. The second-order valence-corrected chi connectivity index (χ2v) is 6.22. The zero-order chi connectivity index (χ0) is 15.5. The van der Waals surface area contributed by atoms with Crippen LogP contribution in [0.1, 0.15) is 23.1 Å². The van der Waals surface area contributed by atoms with E-state index in [4.69, 9.17) is 10.5 Å². The summed E-state index contributed by atoms with van der Waals surface area (Å²) in [6.07, 6.45) is 0.641. The predicted molar refractivity (Wildman–Crippen MR) is 83.5 cm³/mol. The van der Waals surface area contributed by atoms with E-state index in [1.165, 1.54) is 22.5 Å². The summed E-state index contributed by atoms with van der Waals surface area (Å²) in [4.78, 5) is 13.9. The van der Waals surface area contributed by atoms with Gasteiger partial charge in [-0.05, 0) is 24.5 Å². The number of benzene rings is 1. The second kappa shape index (κ2) is 6.41. The van der Waals surface area contributed by atoms with Crippen LogP contribution >= 0.6 is 11.3 Å². The molecule has 0 spiro atoms. The third-order valence-corrected chi connectivity index (χ3v) is 4.55. The first-order valence-corrected chi connectivity index (χ1v) is 8.04. The van der Waals surface area contributed by atoms with E-state index in [1.807, 2.05) is 19.1 Å². The lowest BCUT2D eigenvalue weighted by molar-refractivity contribution is -0.124. The van der Waals surface area contributed by atoms with Crippen molar-refractivity contribution in [3.63, 3.8) is 0 Å². The van der Waals surface area contributed by atoms with Crippen molar-refractivity contribution in [2.24, 2.45) is 5.73 Å². The van der Waals surface area contributed by atoms with Crippen LogP contribution in [0.3, 0.4) is 0 Å². The molecule has 0 unspecified atom stereocenters. The van der Waals surface area contributed by atoms with Gasteiger partial charge in [0, 0.05) is 6.54 Å². The zero-order valence-corrected chi connectivity index (χ0v) is 13.2. The molecule has 2 heterocycles. The van der Waals surface area contributed by atoms with E-state index < -0.39 is 0 Å². The Hall–Kier alpha value is -1.99. The van der Waals surface area contributed by atoms with Gasteiger partial charge in [-0.25, -0.2) is 0 Å². The van der Waals surface area contributed by atoms with Gasteiger partial charge in [-0.2, -0.15) is 0 Å². The molecule has 0 bridgehead atoms. The van der Waals surface area contributed by atoms with Crippen LogP contribution in [0, 0.1) is 0 Å². The van der Waals surface area contributed by atoms with Gasteiger partial charge in [0.2, 0.25) is 5.91 Å². The van der Waals surface area contributed by atoms with Crippen molar-refractivity contribution in [3.8, 4) is 5.19 Å². The van der Waals surface area contributed by atoms with Crippen LogP contribution in [0.5, 0.6) is 5.19 Å². The fraction of sp³-hybridized carbons (Fsp3) is 0.400. The Morgan fingerprint density at radius 2 is 2.18 bits per heavy atom. The highest BCUT2D eigenvalue weighted by molar-refractivity contribution is 7.13. The number of primary amides is 1. The summed E-state index contributed by atoms with van der Waals surface area (Å²) in [6, 6.07) is 7.84. The summed E-state index contributed by atoms with van der Waals surface area (Å²) in [5.41, 5.74) is 8.00. The Balaban J connectivity index is 1.79. The van der Waals surface area contributed by atoms with Crippen molar-refractivity contribution < 1.29 is 9.53 Å². The highest BCUT2D eigenvalue weighted by atomic mass is 32.1. The van der Waals surface area contributed by atoms with Crippen LogP contribution in [0.25, 0.3) is 0 Å². The van der Waals surface area contributed by atoms with Crippen molar-refractivity contribution in [2.45, 2.75) is 32.5 Å². The lowest BCUT2D eigenvalue weighted by Crippen LogP contribution is -2.48. The minimum absolute atomic E-state index is 0.302. The predicted octanol–water partition coefficient (Wildman–Crippen LogP) is 1.35. The Morgan fingerprint density at radius 3 is 2.91 bits per heavy atom. The average Bonchev–Trinajstić information content (AvgIpc) is 2.94. The van der Waals surface area contributed by atoms with Gasteiger partial charge in [-0.1, -0.05) is 35.6 Å². The smallest absolute Gasteiger partial charge is 0.294 e. The molecule has 1 aromatic carbocycles.